The van der Waals surface area contributed by atoms with Crippen LogP contribution in [0.15, 0.2) is 0 Å². The van der Waals surface area contributed by atoms with Gasteiger partial charge < -0.3 is 4.90 Å². The Labute approximate surface area is 81.9 Å². The molecule has 1 aliphatic rings. The molecular formula is C10H21NS. The van der Waals surface area contributed by atoms with Crippen molar-refractivity contribution < 1.29 is 0 Å². The predicted molar refractivity (Wildman–Crippen MR) is 57.9 cm³/mol. The monoisotopic (exact) mass is 187 g/mol. The summed E-state index contributed by atoms with van der Waals surface area (Å²) in [5.41, 5.74) is 0. The van der Waals surface area contributed by atoms with Crippen LogP contribution in [-0.2, 0) is 0 Å². The van der Waals surface area contributed by atoms with Gasteiger partial charge >= 0.3 is 0 Å². The maximum atomic E-state index is 4.52. The smallest absolute Gasteiger partial charge is 0.00289 e. The van der Waals surface area contributed by atoms with Crippen molar-refractivity contribution >= 4 is 12.6 Å². The molecule has 0 aromatic heterocycles. The number of likely N-dealkylation sites (tertiary alicyclic amines) is 1. The standard InChI is InChI=1S/C10H21NS/c1-3-6-11-7-4-5-10(8-11)9(2)12/h9-10,12H,3-8H2,1-2H3. The molecule has 0 aromatic carbocycles. The Hall–Kier alpha value is 0.310. The molecule has 12 heavy (non-hydrogen) atoms. The van der Waals surface area contributed by atoms with Crippen molar-refractivity contribution in [2.75, 3.05) is 19.6 Å². The largest absolute Gasteiger partial charge is 0.303 e. The van der Waals surface area contributed by atoms with Crippen molar-refractivity contribution in [2.45, 2.75) is 38.4 Å². The summed E-state index contributed by atoms with van der Waals surface area (Å²) in [7, 11) is 0. The van der Waals surface area contributed by atoms with Crippen LogP contribution in [-0.4, -0.2) is 29.8 Å². The van der Waals surface area contributed by atoms with Crippen molar-refractivity contribution in [3.63, 3.8) is 0 Å². The van der Waals surface area contributed by atoms with Gasteiger partial charge in [0.25, 0.3) is 0 Å². The van der Waals surface area contributed by atoms with Gasteiger partial charge in [0.2, 0.25) is 0 Å². The highest BCUT2D eigenvalue weighted by atomic mass is 32.1. The first-order valence-electron chi connectivity index (χ1n) is 5.14. The Bertz CT molecular complexity index is 123. The number of hydrogen-bond acceptors (Lipinski definition) is 2. The van der Waals surface area contributed by atoms with Crippen molar-refractivity contribution in [3.8, 4) is 0 Å². The quantitative estimate of drug-likeness (QED) is 0.664. The highest BCUT2D eigenvalue weighted by Crippen LogP contribution is 2.22. The number of nitrogens with zero attached hydrogens (tertiary/aromatic N) is 1. The zero-order valence-corrected chi connectivity index (χ0v) is 9.19. The average Bonchev–Trinajstić information content (AvgIpc) is 2.05. The van der Waals surface area contributed by atoms with E-state index in [1.54, 1.807) is 0 Å². The van der Waals surface area contributed by atoms with E-state index >= 15 is 0 Å². The lowest BCUT2D eigenvalue weighted by molar-refractivity contribution is 0.175. The maximum Gasteiger partial charge on any atom is 0.00289 e. The third-order valence-corrected chi connectivity index (χ3v) is 3.19. The van der Waals surface area contributed by atoms with Gasteiger partial charge in [0.1, 0.15) is 0 Å². The lowest BCUT2D eigenvalue weighted by Gasteiger charge is -2.34. The molecule has 0 aromatic rings. The summed E-state index contributed by atoms with van der Waals surface area (Å²) < 4.78 is 0. The van der Waals surface area contributed by atoms with Crippen LogP contribution in [0.1, 0.15) is 33.1 Å². The fourth-order valence-electron chi connectivity index (χ4n) is 2.00. The van der Waals surface area contributed by atoms with E-state index in [2.05, 4.69) is 31.4 Å². The molecule has 0 radical (unpaired) electrons. The van der Waals surface area contributed by atoms with Crippen molar-refractivity contribution in [1.82, 2.24) is 4.90 Å². The molecule has 1 aliphatic heterocycles. The molecule has 1 saturated heterocycles. The first-order chi connectivity index (χ1) is 5.74. The molecule has 72 valence electrons. The molecule has 0 aliphatic carbocycles. The van der Waals surface area contributed by atoms with E-state index < -0.39 is 0 Å². The molecule has 2 heteroatoms. The van der Waals surface area contributed by atoms with Crippen molar-refractivity contribution in [2.24, 2.45) is 5.92 Å². The molecule has 2 atom stereocenters. The third-order valence-electron chi connectivity index (χ3n) is 2.76. The second-order valence-electron chi connectivity index (χ2n) is 3.94. The molecule has 0 N–H and O–H groups in total. The molecule has 0 amide bonds. The third kappa shape index (κ3) is 2.98. The van der Waals surface area contributed by atoms with E-state index in [9.17, 15) is 0 Å². The number of piperidine rings is 1. The van der Waals surface area contributed by atoms with Gasteiger partial charge in [0, 0.05) is 11.8 Å². The average molecular weight is 187 g/mol. The molecule has 1 nitrogen and oxygen atoms in total. The Balaban J connectivity index is 2.30. The van der Waals surface area contributed by atoms with Gasteiger partial charge in [-0.2, -0.15) is 12.6 Å². The summed E-state index contributed by atoms with van der Waals surface area (Å²) in [4.78, 5) is 2.58. The minimum absolute atomic E-state index is 0.574. The minimum atomic E-state index is 0.574. The van der Waals surface area contributed by atoms with Gasteiger partial charge in [0.05, 0.1) is 0 Å². The van der Waals surface area contributed by atoms with Gasteiger partial charge in [0.15, 0.2) is 0 Å². The first-order valence-corrected chi connectivity index (χ1v) is 5.66. The van der Waals surface area contributed by atoms with Crippen molar-refractivity contribution in [3.05, 3.63) is 0 Å². The highest BCUT2D eigenvalue weighted by Gasteiger charge is 2.21. The van der Waals surface area contributed by atoms with E-state index in [4.69, 9.17) is 0 Å². The molecule has 1 heterocycles. The van der Waals surface area contributed by atoms with E-state index in [1.165, 1.54) is 38.9 Å². The zero-order chi connectivity index (χ0) is 8.97. The van der Waals surface area contributed by atoms with Gasteiger partial charge in [-0.1, -0.05) is 13.8 Å². The summed E-state index contributed by atoms with van der Waals surface area (Å²) in [6, 6.07) is 0. The van der Waals surface area contributed by atoms with E-state index in [0.717, 1.165) is 5.92 Å². The molecular weight excluding hydrogens is 166 g/mol. The minimum Gasteiger partial charge on any atom is -0.303 e. The van der Waals surface area contributed by atoms with Crippen LogP contribution in [0.4, 0.5) is 0 Å². The Morgan fingerprint density at radius 1 is 1.58 bits per heavy atom. The maximum absolute atomic E-state index is 4.52. The number of rotatable bonds is 3. The van der Waals surface area contributed by atoms with Gasteiger partial charge in [-0.05, 0) is 38.3 Å². The summed E-state index contributed by atoms with van der Waals surface area (Å²) in [5.74, 6) is 0.827. The van der Waals surface area contributed by atoms with Crippen LogP contribution in [0.3, 0.4) is 0 Å². The van der Waals surface area contributed by atoms with Crippen LogP contribution in [0.25, 0.3) is 0 Å². The Morgan fingerprint density at radius 2 is 2.33 bits per heavy atom. The van der Waals surface area contributed by atoms with Crippen LogP contribution < -0.4 is 0 Å². The van der Waals surface area contributed by atoms with Gasteiger partial charge in [-0.15, -0.1) is 0 Å². The van der Waals surface area contributed by atoms with Crippen molar-refractivity contribution in [1.29, 1.82) is 0 Å². The molecule has 1 fully saturated rings. The lowest BCUT2D eigenvalue weighted by Crippen LogP contribution is -2.38. The van der Waals surface area contributed by atoms with E-state index in [1.807, 2.05) is 0 Å². The highest BCUT2D eigenvalue weighted by molar-refractivity contribution is 7.80. The SMILES string of the molecule is CCCN1CCCC(C(C)S)C1. The molecule has 0 saturated carbocycles. The van der Waals surface area contributed by atoms with E-state index in [0.29, 0.717) is 5.25 Å². The number of hydrogen-bond donors (Lipinski definition) is 1. The Morgan fingerprint density at radius 3 is 2.92 bits per heavy atom. The van der Waals surface area contributed by atoms with Crippen LogP contribution in [0.2, 0.25) is 0 Å². The summed E-state index contributed by atoms with van der Waals surface area (Å²) >= 11 is 4.52. The fraction of sp³-hybridized carbons (Fsp3) is 1.00. The predicted octanol–water partition coefficient (Wildman–Crippen LogP) is 2.43. The zero-order valence-electron chi connectivity index (χ0n) is 8.29. The van der Waals surface area contributed by atoms with Crippen LogP contribution in [0, 0.1) is 5.92 Å². The van der Waals surface area contributed by atoms with Crippen LogP contribution in [0.5, 0.6) is 0 Å². The summed E-state index contributed by atoms with van der Waals surface area (Å²) in [6.07, 6.45) is 4.04. The first kappa shape index (κ1) is 10.4. The van der Waals surface area contributed by atoms with Gasteiger partial charge in [-0.25, -0.2) is 0 Å². The lowest BCUT2D eigenvalue weighted by atomic mass is 9.95. The van der Waals surface area contributed by atoms with Gasteiger partial charge in [-0.3, -0.25) is 0 Å². The topological polar surface area (TPSA) is 3.24 Å². The molecule has 1 rings (SSSR count). The summed E-state index contributed by atoms with van der Waals surface area (Å²) in [6.45, 7) is 8.34. The molecule has 0 spiro atoms. The van der Waals surface area contributed by atoms with E-state index in [-0.39, 0.29) is 0 Å². The number of thiol groups is 1. The molecule has 0 bridgehead atoms. The normalized spacial score (nSPS) is 28.8. The van der Waals surface area contributed by atoms with Crippen LogP contribution >= 0.6 is 12.6 Å². The second-order valence-corrected chi connectivity index (χ2v) is 4.76. The second kappa shape index (κ2) is 5.13. The fourth-order valence-corrected chi connectivity index (χ4v) is 2.25. The Kier molecular flexibility index (Phi) is 4.44. The molecule has 2 unspecified atom stereocenters. The summed E-state index contributed by atoms with van der Waals surface area (Å²) in [5, 5.41) is 0.574.